The summed E-state index contributed by atoms with van der Waals surface area (Å²) in [6, 6.07) is 11.5. The molecule has 0 unspecified atom stereocenters. The van der Waals surface area contributed by atoms with E-state index in [0.717, 1.165) is 34.7 Å². The number of phenols is 1. The summed E-state index contributed by atoms with van der Waals surface area (Å²) >= 11 is 0. The van der Waals surface area contributed by atoms with Crippen molar-refractivity contribution in [3.05, 3.63) is 47.5 Å². The van der Waals surface area contributed by atoms with Crippen LogP contribution in [-0.4, -0.2) is 18.3 Å². The van der Waals surface area contributed by atoms with E-state index in [9.17, 15) is 5.11 Å². The third-order valence-electron chi connectivity index (χ3n) is 3.55. The van der Waals surface area contributed by atoms with Gasteiger partial charge in [-0.2, -0.15) is 0 Å². The maximum Gasteiger partial charge on any atom is 0.166 e. The molecule has 3 rings (SSSR count). The molecule has 0 spiro atoms. The summed E-state index contributed by atoms with van der Waals surface area (Å²) < 4.78 is 11.5. The minimum Gasteiger partial charge on any atom is -0.508 e. The second kappa shape index (κ2) is 5.95. The molecule has 0 aliphatic carbocycles. The number of rotatable bonds is 3. The van der Waals surface area contributed by atoms with E-state index in [1.54, 1.807) is 6.07 Å². The lowest BCUT2D eigenvalue weighted by Crippen LogP contribution is -2.03. The first kappa shape index (κ1) is 13.6. The number of hydrogen-bond acceptors (Lipinski definition) is 4. The van der Waals surface area contributed by atoms with E-state index in [2.05, 4.69) is 5.32 Å². The molecule has 2 N–H and O–H groups in total. The van der Waals surface area contributed by atoms with Gasteiger partial charge in [-0.3, -0.25) is 0 Å². The smallest absolute Gasteiger partial charge is 0.166 e. The van der Waals surface area contributed by atoms with E-state index in [1.165, 1.54) is 0 Å². The van der Waals surface area contributed by atoms with Gasteiger partial charge in [0.05, 0.1) is 13.2 Å². The van der Waals surface area contributed by atoms with E-state index < -0.39 is 0 Å². The number of fused-ring (bicyclic) bond motifs is 1. The first-order chi connectivity index (χ1) is 10.2. The van der Waals surface area contributed by atoms with Crippen molar-refractivity contribution in [1.82, 2.24) is 0 Å². The Balaban J connectivity index is 1.77. The van der Waals surface area contributed by atoms with Crippen LogP contribution in [0.4, 0.5) is 5.69 Å². The van der Waals surface area contributed by atoms with Gasteiger partial charge in [0.2, 0.25) is 0 Å². The molecule has 0 saturated heterocycles. The van der Waals surface area contributed by atoms with Crippen molar-refractivity contribution in [2.24, 2.45) is 0 Å². The Kier molecular flexibility index (Phi) is 3.86. The molecule has 1 aliphatic rings. The van der Waals surface area contributed by atoms with Gasteiger partial charge in [0.1, 0.15) is 5.75 Å². The van der Waals surface area contributed by atoms with Crippen LogP contribution in [0, 0.1) is 6.92 Å². The highest BCUT2D eigenvalue weighted by molar-refractivity contribution is 5.53. The van der Waals surface area contributed by atoms with E-state index >= 15 is 0 Å². The van der Waals surface area contributed by atoms with E-state index in [0.29, 0.717) is 25.5 Å². The van der Waals surface area contributed by atoms with Crippen LogP contribution < -0.4 is 14.8 Å². The fourth-order valence-corrected chi connectivity index (χ4v) is 2.31. The van der Waals surface area contributed by atoms with Gasteiger partial charge in [-0.1, -0.05) is 18.2 Å². The number of anilines is 1. The minimum absolute atomic E-state index is 0.298. The third kappa shape index (κ3) is 3.05. The van der Waals surface area contributed by atoms with Crippen molar-refractivity contribution in [3.8, 4) is 17.2 Å². The summed E-state index contributed by atoms with van der Waals surface area (Å²) in [5, 5.41) is 13.0. The summed E-state index contributed by atoms with van der Waals surface area (Å²) in [6.07, 6.45) is 0.896. The maximum atomic E-state index is 9.74. The third-order valence-corrected chi connectivity index (χ3v) is 3.55. The molecule has 0 aromatic heterocycles. The van der Waals surface area contributed by atoms with Crippen LogP contribution in [0.5, 0.6) is 17.2 Å². The monoisotopic (exact) mass is 285 g/mol. The molecule has 110 valence electrons. The summed E-state index contributed by atoms with van der Waals surface area (Å²) in [7, 11) is 0. The van der Waals surface area contributed by atoms with Gasteiger partial charge < -0.3 is 19.9 Å². The summed E-state index contributed by atoms with van der Waals surface area (Å²) in [5.74, 6) is 1.92. The Morgan fingerprint density at radius 2 is 2.00 bits per heavy atom. The Morgan fingerprint density at radius 1 is 1.14 bits per heavy atom. The van der Waals surface area contributed by atoms with Crippen LogP contribution in [0.1, 0.15) is 17.5 Å². The SMILES string of the molecule is Cc1ccc(NCc2cccc3c2OCCCO3)cc1O. The van der Waals surface area contributed by atoms with Gasteiger partial charge in [0, 0.05) is 30.3 Å². The summed E-state index contributed by atoms with van der Waals surface area (Å²) in [6.45, 7) is 3.86. The van der Waals surface area contributed by atoms with Crippen LogP contribution in [0.2, 0.25) is 0 Å². The molecule has 2 aromatic rings. The second-order valence-electron chi connectivity index (χ2n) is 5.15. The van der Waals surface area contributed by atoms with E-state index in [4.69, 9.17) is 9.47 Å². The van der Waals surface area contributed by atoms with Crippen molar-refractivity contribution in [1.29, 1.82) is 0 Å². The number of para-hydroxylation sites is 1. The quantitative estimate of drug-likeness (QED) is 0.906. The average Bonchev–Trinajstić information content (AvgIpc) is 2.74. The van der Waals surface area contributed by atoms with Crippen molar-refractivity contribution in [3.63, 3.8) is 0 Å². The standard InChI is InChI=1S/C17H19NO3/c1-12-6-7-14(10-15(12)19)18-11-13-4-2-5-16-17(13)21-9-3-8-20-16/h2,4-7,10,18-19H,3,8-9,11H2,1H3. The van der Waals surface area contributed by atoms with Gasteiger partial charge in [0.15, 0.2) is 11.5 Å². The highest BCUT2D eigenvalue weighted by atomic mass is 16.5. The molecule has 0 bridgehead atoms. The molecule has 0 atom stereocenters. The topological polar surface area (TPSA) is 50.7 Å². The number of benzene rings is 2. The van der Waals surface area contributed by atoms with Gasteiger partial charge >= 0.3 is 0 Å². The lowest BCUT2D eigenvalue weighted by molar-refractivity contribution is 0.296. The largest absolute Gasteiger partial charge is 0.508 e. The lowest BCUT2D eigenvalue weighted by atomic mass is 10.1. The molecule has 4 nitrogen and oxygen atoms in total. The van der Waals surface area contributed by atoms with Crippen LogP contribution in [0.3, 0.4) is 0 Å². The molecule has 0 radical (unpaired) electrons. The van der Waals surface area contributed by atoms with Crippen molar-refractivity contribution in [2.75, 3.05) is 18.5 Å². The van der Waals surface area contributed by atoms with Crippen LogP contribution in [0.25, 0.3) is 0 Å². The molecular formula is C17H19NO3. The zero-order valence-corrected chi connectivity index (χ0v) is 12.1. The average molecular weight is 285 g/mol. The first-order valence-electron chi connectivity index (χ1n) is 7.15. The van der Waals surface area contributed by atoms with Crippen molar-refractivity contribution >= 4 is 5.69 Å². The molecule has 21 heavy (non-hydrogen) atoms. The van der Waals surface area contributed by atoms with Crippen LogP contribution in [-0.2, 0) is 6.54 Å². The minimum atomic E-state index is 0.298. The fraction of sp³-hybridized carbons (Fsp3) is 0.294. The van der Waals surface area contributed by atoms with Gasteiger partial charge in [-0.25, -0.2) is 0 Å². The Labute approximate surface area is 124 Å². The maximum absolute atomic E-state index is 9.74. The summed E-state index contributed by atoms with van der Waals surface area (Å²) in [5.41, 5.74) is 2.80. The van der Waals surface area contributed by atoms with Gasteiger partial charge in [-0.15, -0.1) is 0 Å². The highest BCUT2D eigenvalue weighted by Crippen LogP contribution is 2.33. The number of phenolic OH excluding ortho intramolecular Hbond substituents is 1. The Bertz CT molecular complexity index is 640. The number of aromatic hydroxyl groups is 1. The normalized spacial score (nSPS) is 13.6. The molecule has 0 amide bonds. The molecule has 0 saturated carbocycles. The number of nitrogens with one attached hydrogen (secondary N) is 1. The van der Waals surface area contributed by atoms with Crippen LogP contribution >= 0.6 is 0 Å². The molecular weight excluding hydrogens is 266 g/mol. The Morgan fingerprint density at radius 3 is 2.86 bits per heavy atom. The zero-order chi connectivity index (χ0) is 14.7. The molecule has 0 fully saturated rings. The number of hydrogen-bond donors (Lipinski definition) is 2. The predicted octanol–water partition coefficient (Wildman–Crippen LogP) is 3.47. The zero-order valence-electron chi connectivity index (χ0n) is 12.1. The molecule has 2 aromatic carbocycles. The first-order valence-corrected chi connectivity index (χ1v) is 7.15. The Hall–Kier alpha value is -2.36. The van der Waals surface area contributed by atoms with Crippen LogP contribution in [0.15, 0.2) is 36.4 Å². The lowest BCUT2D eigenvalue weighted by Gasteiger charge is -2.14. The molecule has 1 aliphatic heterocycles. The number of aryl methyl sites for hydroxylation is 1. The molecule has 4 heteroatoms. The van der Waals surface area contributed by atoms with Crippen molar-refractivity contribution < 1.29 is 14.6 Å². The van der Waals surface area contributed by atoms with Gasteiger partial charge in [0.25, 0.3) is 0 Å². The highest BCUT2D eigenvalue weighted by Gasteiger charge is 2.14. The predicted molar refractivity (Wildman–Crippen MR) is 82.2 cm³/mol. The summed E-state index contributed by atoms with van der Waals surface area (Å²) in [4.78, 5) is 0. The van der Waals surface area contributed by atoms with Crippen molar-refractivity contribution in [2.45, 2.75) is 19.9 Å². The fourth-order valence-electron chi connectivity index (χ4n) is 2.31. The number of ether oxygens (including phenoxy) is 2. The van der Waals surface area contributed by atoms with Gasteiger partial charge in [-0.05, 0) is 24.6 Å². The van der Waals surface area contributed by atoms with E-state index in [-0.39, 0.29) is 0 Å². The van der Waals surface area contributed by atoms with E-state index in [1.807, 2.05) is 37.3 Å². The second-order valence-corrected chi connectivity index (χ2v) is 5.15. The molecule has 1 heterocycles.